The largest absolute Gasteiger partial charge is 0.469 e. The number of carbonyl (C=O) groups excluding carboxylic acids is 1. The van der Waals surface area contributed by atoms with Crippen molar-refractivity contribution < 1.29 is 18.3 Å². The van der Waals surface area contributed by atoms with Gasteiger partial charge in [-0.25, -0.2) is 9.37 Å². The molecule has 3 nitrogen and oxygen atoms in total. The number of aromatic nitrogens is 1. The molecule has 0 N–H and O–H groups in total. The molecule has 0 saturated carbocycles. The van der Waals surface area contributed by atoms with Gasteiger partial charge in [-0.05, 0) is 6.07 Å². The topological polar surface area (TPSA) is 39.2 Å². The molecule has 0 aliphatic carbocycles. The number of esters is 1. The number of ether oxygens (including phenoxy) is 1. The smallest absolute Gasteiger partial charge is 0.310 e. The van der Waals surface area contributed by atoms with Gasteiger partial charge >= 0.3 is 5.97 Å². The van der Waals surface area contributed by atoms with Crippen LogP contribution >= 0.6 is 0 Å². The van der Waals surface area contributed by atoms with Crippen molar-refractivity contribution in [1.82, 2.24) is 4.98 Å². The first kappa shape index (κ1) is 9.57. The number of carbonyl (C=O) groups is 1. The Morgan fingerprint density at radius 3 is 2.85 bits per heavy atom. The van der Waals surface area contributed by atoms with Crippen LogP contribution in [0.25, 0.3) is 0 Å². The monoisotopic (exact) mass is 187 g/mol. The molecule has 0 unspecified atom stereocenters. The first-order valence-corrected chi connectivity index (χ1v) is 3.51. The van der Waals surface area contributed by atoms with Crippen LogP contribution in [-0.2, 0) is 16.0 Å². The van der Waals surface area contributed by atoms with Gasteiger partial charge in [0.1, 0.15) is 5.82 Å². The van der Waals surface area contributed by atoms with Gasteiger partial charge in [0, 0.05) is 6.20 Å². The highest BCUT2D eigenvalue weighted by Crippen LogP contribution is 2.10. The van der Waals surface area contributed by atoms with E-state index in [4.69, 9.17) is 0 Å². The molecule has 0 aromatic carbocycles. The summed E-state index contributed by atoms with van der Waals surface area (Å²) in [5.74, 6) is -2.48. The lowest BCUT2D eigenvalue weighted by atomic mass is 10.2. The third-order valence-corrected chi connectivity index (χ3v) is 1.49. The predicted octanol–water partition coefficient (Wildman–Crippen LogP) is 1.08. The molecule has 0 saturated heterocycles. The number of methoxy groups -OCH3 is 1. The Morgan fingerprint density at radius 2 is 2.31 bits per heavy atom. The van der Waals surface area contributed by atoms with Gasteiger partial charge in [-0.1, -0.05) is 0 Å². The number of nitrogens with zero attached hydrogens (tertiary/aromatic N) is 1. The number of halogens is 2. The highest BCUT2D eigenvalue weighted by molar-refractivity contribution is 5.72. The fourth-order valence-electron chi connectivity index (χ4n) is 0.819. The van der Waals surface area contributed by atoms with Crippen molar-refractivity contribution in [2.75, 3.05) is 7.11 Å². The predicted molar refractivity (Wildman–Crippen MR) is 39.9 cm³/mol. The Balaban J connectivity index is 2.93. The molecule has 70 valence electrons. The summed E-state index contributed by atoms with van der Waals surface area (Å²) in [6, 6.07) is 0.987. The highest BCUT2D eigenvalue weighted by atomic mass is 19.1. The summed E-state index contributed by atoms with van der Waals surface area (Å²) in [5, 5.41) is 0. The second-order valence-corrected chi connectivity index (χ2v) is 2.32. The molecule has 0 spiro atoms. The Labute approximate surface area is 73.4 Å². The van der Waals surface area contributed by atoms with Gasteiger partial charge < -0.3 is 4.74 Å². The van der Waals surface area contributed by atoms with Crippen LogP contribution in [0, 0.1) is 11.8 Å². The lowest BCUT2D eigenvalue weighted by Gasteiger charge is -2.01. The van der Waals surface area contributed by atoms with E-state index in [-0.39, 0.29) is 5.56 Å². The van der Waals surface area contributed by atoms with Crippen LogP contribution in [-0.4, -0.2) is 18.1 Å². The van der Waals surface area contributed by atoms with Crippen LogP contribution in [0.1, 0.15) is 5.56 Å². The molecule has 1 aromatic heterocycles. The van der Waals surface area contributed by atoms with Crippen LogP contribution in [0.15, 0.2) is 12.3 Å². The fourth-order valence-corrected chi connectivity index (χ4v) is 0.819. The molecule has 0 atom stereocenters. The Kier molecular flexibility index (Phi) is 2.89. The van der Waals surface area contributed by atoms with Gasteiger partial charge in [0.05, 0.1) is 19.1 Å². The van der Waals surface area contributed by atoms with E-state index in [0.29, 0.717) is 0 Å². The first-order valence-electron chi connectivity index (χ1n) is 3.51. The summed E-state index contributed by atoms with van der Waals surface area (Å²) in [5.41, 5.74) is -0.366. The van der Waals surface area contributed by atoms with Crippen molar-refractivity contribution in [2.45, 2.75) is 6.42 Å². The maximum atomic E-state index is 12.9. The number of rotatable bonds is 2. The van der Waals surface area contributed by atoms with Crippen LogP contribution in [0.3, 0.4) is 0 Å². The summed E-state index contributed by atoms with van der Waals surface area (Å²) < 4.78 is 29.9. The molecular formula is C8H7F2NO2. The lowest BCUT2D eigenvalue weighted by molar-refractivity contribution is -0.139. The molecule has 0 amide bonds. The SMILES string of the molecule is COC(=O)Cc1c(F)ccnc1F. The summed E-state index contributed by atoms with van der Waals surface area (Å²) in [4.78, 5) is 13.9. The minimum absolute atomic E-state index is 0.366. The van der Waals surface area contributed by atoms with E-state index < -0.39 is 24.2 Å². The molecule has 0 aliphatic rings. The van der Waals surface area contributed by atoms with Crippen molar-refractivity contribution in [3.63, 3.8) is 0 Å². The zero-order chi connectivity index (χ0) is 9.84. The molecule has 0 radical (unpaired) electrons. The van der Waals surface area contributed by atoms with Gasteiger partial charge in [-0.2, -0.15) is 4.39 Å². The normalized spacial score (nSPS) is 9.77. The van der Waals surface area contributed by atoms with Crippen LogP contribution < -0.4 is 0 Å². The summed E-state index contributed by atoms with van der Waals surface area (Å²) >= 11 is 0. The van der Waals surface area contributed by atoms with Gasteiger partial charge in [0.15, 0.2) is 0 Å². The summed E-state index contributed by atoms with van der Waals surface area (Å²) in [7, 11) is 1.15. The Bertz CT molecular complexity index is 308. The molecule has 0 aliphatic heterocycles. The van der Waals surface area contributed by atoms with Crippen molar-refractivity contribution in [1.29, 1.82) is 0 Å². The van der Waals surface area contributed by atoms with E-state index in [1.165, 1.54) is 0 Å². The first-order chi connectivity index (χ1) is 6.15. The minimum Gasteiger partial charge on any atom is -0.469 e. The third-order valence-electron chi connectivity index (χ3n) is 1.49. The van der Waals surface area contributed by atoms with Crippen LogP contribution in [0.4, 0.5) is 8.78 Å². The maximum absolute atomic E-state index is 12.9. The quantitative estimate of drug-likeness (QED) is 0.513. The number of pyridine rings is 1. The van der Waals surface area contributed by atoms with Gasteiger partial charge in [-0.15, -0.1) is 0 Å². The van der Waals surface area contributed by atoms with Gasteiger partial charge in [-0.3, -0.25) is 4.79 Å². The van der Waals surface area contributed by atoms with E-state index >= 15 is 0 Å². The summed E-state index contributed by atoms with van der Waals surface area (Å²) in [6.07, 6.45) is 0.549. The molecule has 1 rings (SSSR count). The van der Waals surface area contributed by atoms with E-state index in [2.05, 4.69) is 9.72 Å². The summed E-state index contributed by atoms with van der Waals surface area (Å²) in [6.45, 7) is 0. The second-order valence-electron chi connectivity index (χ2n) is 2.32. The molecule has 0 bridgehead atoms. The molecule has 5 heteroatoms. The average Bonchev–Trinajstić information content (AvgIpc) is 2.11. The van der Waals surface area contributed by atoms with Crippen LogP contribution in [0.2, 0.25) is 0 Å². The minimum atomic E-state index is -0.981. The standard InChI is InChI=1S/C8H7F2NO2/c1-13-7(12)4-5-6(9)2-3-11-8(5)10/h2-3H,4H2,1H3. The number of hydrogen-bond donors (Lipinski definition) is 0. The Morgan fingerprint density at radius 1 is 1.62 bits per heavy atom. The Hall–Kier alpha value is -1.52. The average molecular weight is 187 g/mol. The van der Waals surface area contributed by atoms with Crippen LogP contribution in [0.5, 0.6) is 0 Å². The molecule has 1 aromatic rings. The van der Waals surface area contributed by atoms with Crippen molar-refractivity contribution in [3.05, 3.63) is 29.6 Å². The van der Waals surface area contributed by atoms with Gasteiger partial charge in [0.2, 0.25) is 5.95 Å². The van der Waals surface area contributed by atoms with E-state index in [1.54, 1.807) is 0 Å². The zero-order valence-electron chi connectivity index (χ0n) is 6.88. The maximum Gasteiger partial charge on any atom is 0.310 e. The van der Waals surface area contributed by atoms with E-state index in [9.17, 15) is 13.6 Å². The molecule has 1 heterocycles. The molecule has 13 heavy (non-hydrogen) atoms. The van der Waals surface area contributed by atoms with Crippen molar-refractivity contribution in [3.8, 4) is 0 Å². The zero-order valence-corrected chi connectivity index (χ0v) is 6.88. The number of hydrogen-bond acceptors (Lipinski definition) is 3. The molecular weight excluding hydrogens is 180 g/mol. The second kappa shape index (κ2) is 3.93. The van der Waals surface area contributed by atoms with Gasteiger partial charge in [0.25, 0.3) is 0 Å². The third kappa shape index (κ3) is 2.21. The van der Waals surface area contributed by atoms with E-state index in [1.807, 2.05) is 0 Å². The fraction of sp³-hybridized carbons (Fsp3) is 0.250. The molecule has 0 fully saturated rings. The lowest BCUT2D eigenvalue weighted by Crippen LogP contribution is -2.09. The van der Waals surface area contributed by atoms with Crippen molar-refractivity contribution >= 4 is 5.97 Å². The van der Waals surface area contributed by atoms with E-state index in [0.717, 1.165) is 19.4 Å². The van der Waals surface area contributed by atoms with Crippen molar-refractivity contribution in [2.24, 2.45) is 0 Å². The highest BCUT2D eigenvalue weighted by Gasteiger charge is 2.13.